The van der Waals surface area contributed by atoms with Crippen LogP contribution in [0, 0.1) is 13.8 Å². The molecule has 3 heteroatoms. The second-order valence-electron chi connectivity index (χ2n) is 5.57. The van der Waals surface area contributed by atoms with E-state index >= 15 is 0 Å². The van der Waals surface area contributed by atoms with E-state index in [1.54, 1.807) is 0 Å². The molecule has 0 fully saturated rings. The summed E-state index contributed by atoms with van der Waals surface area (Å²) >= 11 is 2.62. The van der Waals surface area contributed by atoms with Gasteiger partial charge in [0.25, 0.3) is 0 Å². The van der Waals surface area contributed by atoms with Crippen LogP contribution in [0.15, 0.2) is 87.5 Å². The summed E-state index contributed by atoms with van der Waals surface area (Å²) in [6.45, 7) is 3.94. The maximum atomic E-state index is 10.1. The predicted molar refractivity (Wildman–Crippen MR) is 107 cm³/mol. The molecule has 0 radical (unpaired) electrons. The molecule has 3 aromatic rings. The van der Waals surface area contributed by atoms with Crippen molar-refractivity contribution in [1.82, 2.24) is 0 Å². The number of hydrogen-bond acceptors (Lipinski definition) is 1. The van der Waals surface area contributed by atoms with Crippen molar-refractivity contribution >= 4 is 28.4 Å². The van der Waals surface area contributed by atoms with Crippen molar-refractivity contribution in [3.05, 3.63) is 83.9 Å². The quantitative estimate of drug-likeness (QED) is 0.458. The highest BCUT2D eigenvalue weighted by Crippen LogP contribution is 2.74. The monoisotopic (exact) mass is 434 g/mol. The molecule has 0 saturated heterocycles. The number of benzene rings is 3. The van der Waals surface area contributed by atoms with Crippen molar-refractivity contribution in [3.8, 4) is 5.75 Å². The molecule has 0 aliphatic heterocycles. The number of phenolic OH excluding ortho intramolecular Hbond substituents is 1. The minimum absolute atomic E-state index is 0.396. The fourth-order valence-corrected chi connectivity index (χ4v) is 7.79. The first kappa shape index (κ1) is 16.4. The summed E-state index contributed by atoms with van der Waals surface area (Å²) in [7, 11) is -1.38. The highest BCUT2D eigenvalue weighted by Gasteiger charge is 2.28. The summed E-state index contributed by atoms with van der Waals surface area (Å²) in [4.78, 5) is 3.90. The van der Waals surface area contributed by atoms with Crippen molar-refractivity contribution in [2.24, 2.45) is 0 Å². The fourth-order valence-electron chi connectivity index (χ4n) is 2.70. The lowest BCUT2D eigenvalue weighted by Crippen LogP contribution is -1.97. The lowest BCUT2D eigenvalue weighted by atomic mass is 10.1. The number of aromatic hydroxyl groups is 1. The summed E-state index contributed by atoms with van der Waals surface area (Å²) < 4.78 is 0. The van der Waals surface area contributed by atoms with Gasteiger partial charge in [0.1, 0.15) is 5.75 Å². The molecular formula is C20H19IOS. The first-order valence-electron chi connectivity index (χ1n) is 7.47. The van der Waals surface area contributed by atoms with Crippen LogP contribution in [0.2, 0.25) is 0 Å². The molecule has 0 spiro atoms. The molecule has 23 heavy (non-hydrogen) atoms. The molecule has 1 nitrogen and oxygen atoms in total. The van der Waals surface area contributed by atoms with Crippen LogP contribution in [0.5, 0.6) is 5.75 Å². The Morgan fingerprint density at radius 2 is 1.09 bits per heavy atom. The van der Waals surface area contributed by atoms with Crippen LogP contribution in [0.4, 0.5) is 0 Å². The topological polar surface area (TPSA) is 20.2 Å². The van der Waals surface area contributed by atoms with Gasteiger partial charge < -0.3 is 5.11 Å². The normalized spacial score (nSPS) is 12.1. The molecule has 0 atom stereocenters. The lowest BCUT2D eigenvalue weighted by molar-refractivity contribution is 0.466. The molecule has 0 heterocycles. The van der Waals surface area contributed by atoms with Gasteiger partial charge in [-0.05, 0) is 82.6 Å². The van der Waals surface area contributed by atoms with E-state index in [0.29, 0.717) is 5.75 Å². The average molecular weight is 434 g/mol. The van der Waals surface area contributed by atoms with Crippen LogP contribution in [0.25, 0.3) is 0 Å². The van der Waals surface area contributed by atoms with Gasteiger partial charge in [0.05, 0.1) is 0 Å². The van der Waals surface area contributed by atoms with E-state index in [-0.39, 0.29) is 0 Å². The van der Waals surface area contributed by atoms with Crippen LogP contribution in [0.3, 0.4) is 0 Å². The zero-order valence-corrected chi connectivity index (χ0v) is 16.1. The number of halogens is 1. The summed E-state index contributed by atoms with van der Waals surface area (Å²) in [6.07, 6.45) is 0. The maximum Gasteiger partial charge on any atom is 0.121 e. The van der Waals surface area contributed by atoms with E-state index in [0.717, 1.165) is 11.1 Å². The number of aryl methyl sites for hydroxylation is 2. The van der Waals surface area contributed by atoms with E-state index in [9.17, 15) is 5.11 Å². The Morgan fingerprint density at radius 1 is 0.696 bits per heavy atom. The van der Waals surface area contributed by atoms with Crippen LogP contribution in [-0.2, 0) is 0 Å². The van der Waals surface area contributed by atoms with Crippen molar-refractivity contribution < 1.29 is 5.11 Å². The van der Waals surface area contributed by atoms with E-state index in [1.807, 2.05) is 13.8 Å². The Kier molecular flexibility index (Phi) is 4.69. The van der Waals surface area contributed by atoms with E-state index in [1.165, 1.54) is 14.7 Å². The first-order chi connectivity index (χ1) is 11.0. The highest BCUT2D eigenvalue weighted by molar-refractivity contribution is 14.2. The summed E-state index contributed by atoms with van der Waals surface area (Å²) in [5.41, 5.74) is 1.86. The Labute approximate surface area is 151 Å². The minimum atomic E-state index is -1.38. The van der Waals surface area contributed by atoms with E-state index in [4.69, 9.17) is 0 Å². The molecule has 3 aromatic carbocycles. The molecule has 118 valence electrons. The van der Waals surface area contributed by atoms with Gasteiger partial charge in [-0.3, -0.25) is 0 Å². The summed E-state index contributed by atoms with van der Waals surface area (Å²) in [6, 6.07) is 25.6. The van der Waals surface area contributed by atoms with Gasteiger partial charge in [0, 0.05) is 14.7 Å². The van der Waals surface area contributed by atoms with Gasteiger partial charge in [-0.25, -0.2) is 0 Å². The molecule has 0 saturated carbocycles. The molecular weight excluding hydrogens is 415 g/mol. The molecule has 1 N–H and O–H groups in total. The van der Waals surface area contributed by atoms with Crippen molar-refractivity contribution in [2.75, 3.05) is 0 Å². The Hall–Kier alpha value is -1.46. The van der Waals surface area contributed by atoms with E-state index < -0.39 is 7.20 Å². The zero-order valence-electron chi connectivity index (χ0n) is 13.2. The molecule has 0 aliphatic rings. The molecule has 0 bridgehead atoms. The zero-order chi connectivity index (χ0) is 16.4. The van der Waals surface area contributed by atoms with Gasteiger partial charge in [0.15, 0.2) is 0 Å². The second kappa shape index (κ2) is 6.57. The largest absolute Gasteiger partial charge is 0.507 e. The third-order valence-corrected chi connectivity index (χ3v) is 11.2. The average Bonchev–Trinajstić information content (AvgIpc) is 2.60. The smallest absolute Gasteiger partial charge is 0.121 e. The molecule has 0 unspecified atom stereocenters. The number of rotatable bonds is 3. The Bertz CT molecular complexity index is 753. The summed E-state index contributed by atoms with van der Waals surface area (Å²) in [5, 5.41) is 10.1. The SMILES string of the molecule is Cc1cc(S(I)(c2ccccc2)c2ccccc2)cc(C)c1O. The standard InChI is InChI=1S/C20H19IOS/c1-15-13-19(14-16(2)20(15)22)23(21,17-9-5-3-6-10-17)18-11-7-4-8-12-18/h3-14,22H,1-2H3. The minimum Gasteiger partial charge on any atom is -0.507 e. The van der Waals surface area contributed by atoms with Crippen molar-refractivity contribution in [1.29, 1.82) is 0 Å². The van der Waals surface area contributed by atoms with Crippen LogP contribution in [0.1, 0.15) is 11.1 Å². The van der Waals surface area contributed by atoms with Crippen LogP contribution >= 0.6 is 28.4 Å². The first-order valence-corrected chi connectivity index (χ1v) is 11.6. The molecule has 3 rings (SSSR count). The third-order valence-electron chi connectivity index (χ3n) is 3.93. The Morgan fingerprint density at radius 3 is 1.48 bits per heavy atom. The van der Waals surface area contributed by atoms with Crippen LogP contribution in [-0.4, -0.2) is 5.11 Å². The van der Waals surface area contributed by atoms with Gasteiger partial charge >= 0.3 is 0 Å². The summed E-state index contributed by atoms with van der Waals surface area (Å²) in [5.74, 6) is 0.396. The van der Waals surface area contributed by atoms with Gasteiger partial charge in [-0.15, -0.1) is 7.20 Å². The fraction of sp³-hybridized carbons (Fsp3) is 0.100. The maximum absolute atomic E-state index is 10.1. The second-order valence-corrected chi connectivity index (χ2v) is 12.0. The number of hydrogen-bond donors (Lipinski definition) is 1. The lowest BCUT2D eigenvalue weighted by Gasteiger charge is -2.35. The third kappa shape index (κ3) is 3.00. The number of phenols is 1. The van der Waals surface area contributed by atoms with Gasteiger partial charge in [-0.1, -0.05) is 36.4 Å². The van der Waals surface area contributed by atoms with Crippen LogP contribution < -0.4 is 0 Å². The molecule has 0 amide bonds. The van der Waals surface area contributed by atoms with E-state index in [2.05, 4.69) is 94.0 Å². The van der Waals surface area contributed by atoms with Crippen molar-refractivity contribution in [3.63, 3.8) is 0 Å². The predicted octanol–water partition coefficient (Wildman–Crippen LogP) is 6.64. The van der Waals surface area contributed by atoms with Gasteiger partial charge in [-0.2, -0.15) is 0 Å². The van der Waals surface area contributed by atoms with Gasteiger partial charge in [0.2, 0.25) is 0 Å². The van der Waals surface area contributed by atoms with Crippen molar-refractivity contribution in [2.45, 2.75) is 28.5 Å². The Balaban J connectivity index is 2.29. The molecule has 0 aliphatic carbocycles. The molecule has 0 aromatic heterocycles. The highest BCUT2D eigenvalue weighted by atomic mass is 127.